The number of aryl methyl sites for hydroxylation is 4. The van der Waals surface area contributed by atoms with Gasteiger partial charge in [-0.1, -0.05) is 75.2 Å². The lowest BCUT2D eigenvalue weighted by molar-refractivity contribution is 0.474. The smallest absolute Gasteiger partial charge is 0.125 e. The van der Waals surface area contributed by atoms with Gasteiger partial charge in [-0.2, -0.15) is 0 Å². The van der Waals surface area contributed by atoms with Gasteiger partial charge in [0.25, 0.3) is 0 Å². The van der Waals surface area contributed by atoms with Gasteiger partial charge >= 0.3 is 0 Å². The van der Waals surface area contributed by atoms with Gasteiger partial charge in [-0.15, -0.1) is 0 Å². The Labute approximate surface area is 281 Å². The fourth-order valence-corrected chi connectivity index (χ4v) is 7.04. The zero-order valence-corrected chi connectivity index (χ0v) is 28.2. The quantitative estimate of drug-likeness (QED) is 0.147. The molecule has 6 heteroatoms. The normalized spacial score (nSPS) is 12.2. The number of aromatic hydroxyl groups is 2. The van der Waals surface area contributed by atoms with E-state index >= 15 is 0 Å². The number of hydrogen-bond acceptors (Lipinski definition) is 4. The summed E-state index contributed by atoms with van der Waals surface area (Å²) in [6.45, 7) is 10.5. The van der Waals surface area contributed by atoms with Gasteiger partial charge in [0.15, 0.2) is 0 Å². The molecule has 0 saturated heterocycles. The maximum Gasteiger partial charge on any atom is 0.125 e. The van der Waals surface area contributed by atoms with Gasteiger partial charge in [-0.25, -0.2) is 0 Å². The number of fused-ring (bicyclic) bond motifs is 6. The van der Waals surface area contributed by atoms with Gasteiger partial charge in [0.05, 0.1) is 33.4 Å². The van der Waals surface area contributed by atoms with Gasteiger partial charge < -0.3 is 19.3 Å². The number of hydrogen-bond donors (Lipinski definition) is 2. The molecule has 0 unspecified atom stereocenters. The monoisotopic (exact) mass is 634 g/mol. The van der Waals surface area contributed by atoms with Crippen LogP contribution in [0, 0.1) is 13.8 Å². The molecule has 2 aromatic heterocycles. The third-order valence-corrected chi connectivity index (χ3v) is 9.50. The summed E-state index contributed by atoms with van der Waals surface area (Å²) in [5.41, 5.74) is 9.72. The van der Waals surface area contributed by atoms with E-state index in [0.717, 1.165) is 71.4 Å². The SMILES string of the molecule is CCCCn1c2cc(C=Nc3ccccc3N=Cc3cc4c(cc3O)c3cccc(C)c3n4CCCC)c(O)cc2c2cccc(C)c21. The first-order chi connectivity index (χ1) is 23.4. The standard InChI is InChI=1S/C42H42N4O2/c1-5-7-19-45-37-21-29(39(47)23-33(37)31-15-11-13-27(3)41(31)45)25-43-35-17-9-10-18-36(35)44-26-30-22-38-34(24-40(30)48)32-16-12-14-28(4)42(32)46(38)20-8-6-2/h9-18,21-26,47-48H,5-8,19-20H2,1-4H3. The zero-order valence-electron chi connectivity index (χ0n) is 28.2. The maximum absolute atomic E-state index is 11.1. The highest BCUT2D eigenvalue weighted by atomic mass is 16.3. The van der Waals surface area contributed by atoms with Crippen LogP contribution < -0.4 is 0 Å². The molecule has 0 radical (unpaired) electrons. The molecule has 48 heavy (non-hydrogen) atoms. The lowest BCUT2D eigenvalue weighted by Crippen LogP contribution is -1.99. The van der Waals surface area contributed by atoms with Crippen LogP contribution in [0.25, 0.3) is 43.6 Å². The van der Waals surface area contributed by atoms with Crippen molar-refractivity contribution in [3.8, 4) is 11.5 Å². The number of phenols is 2. The van der Waals surface area contributed by atoms with E-state index in [4.69, 9.17) is 9.98 Å². The fourth-order valence-electron chi connectivity index (χ4n) is 7.04. The number of phenolic OH excluding ortho intramolecular Hbond substituents is 2. The van der Waals surface area contributed by atoms with Crippen molar-refractivity contribution < 1.29 is 10.2 Å². The van der Waals surface area contributed by atoms with Crippen LogP contribution in [0.5, 0.6) is 11.5 Å². The molecular weight excluding hydrogens is 592 g/mol. The molecule has 0 saturated carbocycles. The van der Waals surface area contributed by atoms with E-state index in [1.807, 2.05) is 48.5 Å². The van der Waals surface area contributed by atoms with Crippen molar-refractivity contribution in [2.45, 2.75) is 66.5 Å². The second-order valence-corrected chi connectivity index (χ2v) is 12.8. The Bertz CT molecular complexity index is 2210. The molecule has 242 valence electrons. The molecule has 0 atom stereocenters. The van der Waals surface area contributed by atoms with Crippen LogP contribution in [0.2, 0.25) is 0 Å². The number of rotatable bonds is 10. The molecule has 0 spiro atoms. The van der Waals surface area contributed by atoms with E-state index in [9.17, 15) is 10.2 Å². The summed E-state index contributed by atoms with van der Waals surface area (Å²) in [5, 5.41) is 26.7. The molecule has 7 rings (SSSR count). The van der Waals surface area contributed by atoms with Crippen molar-refractivity contribution in [3.63, 3.8) is 0 Å². The van der Waals surface area contributed by atoms with Crippen LogP contribution in [0.15, 0.2) is 94.9 Å². The Morgan fingerprint density at radius 3 is 1.42 bits per heavy atom. The number of unbranched alkanes of at least 4 members (excludes halogenated alkanes) is 2. The van der Waals surface area contributed by atoms with Crippen molar-refractivity contribution in [1.29, 1.82) is 0 Å². The predicted molar refractivity (Wildman–Crippen MR) is 202 cm³/mol. The molecule has 2 heterocycles. The van der Waals surface area contributed by atoms with E-state index < -0.39 is 0 Å². The first kappa shape index (κ1) is 31.3. The molecule has 5 aromatic carbocycles. The molecule has 7 aromatic rings. The maximum atomic E-state index is 11.1. The lowest BCUT2D eigenvalue weighted by atomic mass is 10.1. The molecule has 0 aliphatic rings. The van der Waals surface area contributed by atoms with Crippen LogP contribution in [-0.4, -0.2) is 31.8 Å². The van der Waals surface area contributed by atoms with Crippen LogP contribution in [0.3, 0.4) is 0 Å². The topological polar surface area (TPSA) is 75.0 Å². The summed E-state index contributed by atoms with van der Waals surface area (Å²) in [5.74, 6) is 0.380. The van der Waals surface area contributed by atoms with Crippen molar-refractivity contribution in [1.82, 2.24) is 9.13 Å². The Hall–Kier alpha value is -5.36. The molecule has 0 amide bonds. The Kier molecular flexibility index (Phi) is 8.49. The molecule has 0 fully saturated rings. The number of aromatic nitrogens is 2. The molecule has 6 nitrogen and oxygen atoms in total. The van der Waals surface area contributed by atoms with Gasteiger partial charge in [0.1, 0.15) is 11.5 Å². The summed E-state index contributed by atoms with van der Waals surface area (Å²) in [4.78, 5) is 9.61. The largest absolute Gasteiger partial charge is 0.507 e. The van der Waals surface area contributed by atoms with E-state index in [1.165, 1.54) is 22.2 Å². The minimum atomic E-state index is 0.190. The minimum Gasteiger partial charge on any atom is -0.507 e. The number of para-hydroxylation sites is 4. The predicted octanol–water partition coefficient (Wildman–Crippen LogP) is 11.0. The average molecular weight is 635 g/mol. The summed E-state index contributed by atoms with van der Waals surface area (Å²) in [6.07, 6.45) is 7.79. The molecule has 2 N–H and O–H groups in total. The number of aliphatic imine (C=N–C) groups is 2. The van der Waals surface area contributed by atoms with Crippen molar-refractivity contribution >= 4 is 67.4 Å². The van der Waals surface area contributed by atoms with Gasteiger partial charge in [0.2, 0.25) is 0 Å². The van der Waals surface area contributed by atoms with Crippen molar-refractivity contribution in [2.75, 3.05) is 0 Å². The van der Waals surface area contributed by atoms with E-state index in [0.29, 0.717) is 22.5 Å². The van der Waals surface area contributed by atoms with Crippen molar-refractivity contribution in [3.05, 3.63) is 107 Å². The summed E-state index contributed by atoms with van der Waals surface area (Å²) < 4.78 is 4.76. The molecule has 0 bridgehead atoms. The summed E-state index contributed by atoms with van der Waals surface area (Å²) in [6, 6.07) is 28.2. The minimum absolute atomic E-state index is 0.190. The van der Waals surface area contributed by atoms with Crippen LogP contribution in [0.1, 0.15) is 61.8 Å². The van der Waals surface area contributed by atoms with Crippen LogP contribution in [0.4, 0.5) is 11.4 Å². The lowest BCUT2D eigenvalue weighted by Gasteiger charge is -2.09. The first-order valence-electron chi connectivity index (χ1n) is 17.1. The third-order valence-electron chi connectivity index (χ3n) is 9.50. The Balaban J connectivity index is 1.26. The Morgan fingerprint density at radius 1 is 0.562 bits per heavy atom. The molecule has 0 aliphatic heterocycles. The van der Waals surface area contributed by atoms with Gasteiger partial charge in [-0.05, 0) is 74.2 Å². The summed E-state index contributed by atoms with van der Waals surface area (Å²) >= 11 is 0. The first-order valence-corrected chi connectivity index (χ1v) is 17.1. The second kappa shape index (κ2) is 13.0. The van der Waals surface area contributed by atoms with Crippen LogP contribution in [-0.2, 0) is 13.1 Å². The average Bonchev–Trinajstić information content (AvgIpc) is 3.56. The fraction of sp³-hybridized carbons (Fsp3) is 0.238. The third kappa shape index (κ3) is 5.51. The van der Waals surface area contributed by atoms with Gasteiger partial charge in [0, 0.05) is 58.2 Å². The van der Waals surface area contributed by atoms with E-state index in [1.54, 1.807) is 12.4 Å². The highest BCUT2D eigenvalue weighted by molar-refractivity contribution is 6.12. The highest BCUT2D eigenvalue weighted by Crippen LogP contribution is 2.37. The van der Waals surface area contributed by atoms with E-state index in [-0.39, 0.29) is 11.5 Å². The number of benzene rings is 5. The number of nitrogens with zero attached hydrogens (tertiary/aromatic N) is 4. The van der Waals surface area contributed by atoms with Crippen molar-refractivity contribution in [2.24, 2.45) is 9.98 Å². The zero-order chi connectivity index (χ0) is 33.4. The molecular formula is C42H42N4O2. The van der Waals surface area contributed by atoms with Gasteiger partial charge in [-0.3, -0.25) is 9.98 Å². The van der Waals surface area contributed by atoms with Crippen LogP contribution >= 0.6 is 0 Å². The highest BCUT2D eigenvalue weighted by Gasteiger charge is 2.16. The second-order valence-electron chi connectivity index (χ2n) is 12.8. The Morgan fingerprint density at radius 2 is 1.00 bits per heavy atom. The van der Waals surface area contributed by atoms with E-state index in [2.05, 4.69) is 73.2 Å². The summed E-state index contributed by atoms with van der Waals surface area (Å²) in [7, 11) is 0. The molecule has 0 aliphatic carbocycles.